The molecule has 1 N–H and O–H groups in total. The molecule has 1 aliphatic carbocycles. The smallest absolute Gasteiger partial charge is 0.223 e. The van der Waals surface area contributed by atoms with E-state index in [-0.39, 0.29) is 0 Å². The molecule has 0 bridgehead atoms. The summed E-state index contributed by atoms with van der Waals surface area (Å²) in [5, 5.41) is 11.4. The van der Waals surface area contributed by atoms with Crippen LogP contribution in [0.1, 0.15) is 61.0 Å². The maximum atomic E-state index is 5.01. The molecule has 2 aromatic heterocycles. The van der Waals surface area contributed by atoms with Crippen molar-refractivity contribution in [1.29, 1.82) is 0 Å². The molecule has 2 aromatic rings. The van der Waals surface area contributed by atoms with Crippen LogP contribution in [0.25, 0.3) is 0 Å². The van der Waals surface area contributed by atoms with E-state index in [4.69, 9.17) is 4.52 Å². The lowest BCUT2D eigenvalue weighted by molar-refractivity contribution is 0.298. The zero-order chi connectivity index (χ0) is 14.7. The van der Waals surface area contributed by atoms with Crippen molar-refractivity contribution in [3.63, 3.8) is 0 Å². The van der Waals surface area contributed by atoms with Gasteiger partial charge in [0.1, 0.15) is 0 Å². The fourth-order valence-corrected chi connectivity index (χ4v) is 3.19. The topological polar surface area (TPSA) is 70.8 Å². The van der Waals surface area contributed by atoms with E-state index in [1.165, 1.54) is 43.4 Å². The maximum Gasteiger partial charge on any atom is 0.223 e. The van der Waals surface area contributed by atoms with Crippen molar-refractivity contribution < 1.29 is 4.52 Å². The van der Waals surface area contributed by atoms with Crippen molar-refractivity contribution in [1.82, 2.24) is 25.2 Å². The highest BCUT2D eigenvalue weighted by Crippen LogP contribution is 2.33. The van der Waals surface area contributed by atoms with Crippen LogP contribution in [0.15, 0.2) is 10.7 Å². The van der Waals surface area contributed by atoms with Crippen LogP contribution < -0.4 is 0 Å². The first-order chi connectivity index (χ1) is 10.2. The van der Waals surface area contributed by atoms with Crippen molar-refractivity contribution in [3.05, 3.63) is 29.2 Å². The normalized spacial score (nSPS) is 16.7. The van der Waals surface area contributed by atoms with Gasteiger partial charge < -0.3 is 4.52 Å². The molecule has 0 amide bonds. The van der Waals surface area contributed by atoms with Crippen molar-refractivity contribution in [2.24, 2.45) is 0 Å². The number of aryl methyl sites for hydroxylation is 1. The molecule has 0 aliphatic heterocycles. The lowest BCUT2D eigenvalue weighted by Gasteiger charge is -2.22. The molecule has 3 rings (SSSR count). The fraction of sp³-hybridized carbons (Fsp3) is 0.667. The Morgan fingerprint density at radius 3 is 2.81 bits per heavy atom. The first-order valence-electron chi connectivity index (χ1n) is 7.72. The second-order valence-corrected chi connectivity index (χ2v) is 6.05. The SMILES string of the molecule is Cc1nc(CN(C)Cc2cn[nH]c2C2CCCCC2)no1. The number of nitrogens with one attached hydrogen (secondary N) is 1. The molecular weight excluding hydrogens is 266 g/mol. The van der Waals surface area contributed by atoms with Crippen molar-refractivity contribution in [2.45, 2.75) is 58.0 Å². The van der Waals surface area contributed by atoms with E-state index in [0.717, 1.165) is 12.4 Å². The first kappa shape index (κ1) is 14.3. The third-order valence-corrected chi connectivity index (χ3v) is 4.19. The predicted octanol–water partition coefficient (Wildman–Crippen LogP) is 2.78. The molecule has 0 aromatic carbocycles. The standard InChI is InChI=1S/C15H23N5O/c1-11-17-14(19-21-11)10-20(2)9-13-8-16-18-15(13)12-6-4-3-5-7-12/h8,12H,3-7,9-10H2,1-2H3,(H,16,18). The molecule has 1 saturated carbocycles. The van der Waals surface area contributed by atoms with Crippen LogP contribution in [0.2, 0.25) is 0 Å². The van der Waals surface area contributed by atoms with Gasteiger partial charge in [-0.15, -0.1) is 0 Å². The fourth-order valence-electron chi connectivity index (χ4n) is 3.19. The van der Waals surface area contributed by atoms with E-state index in [1.807, 2.05) is 13.1 Å². The van der Waals surface area contributed by atoms with E-state index >= 15 is 0 Å². The van der Waals surface area contributed by atoms with Gasteiger partial charge in [-0.2, -0.15) is 10.1 Å². The zero-order valence-corrected chi connectivity index (χ0v) is 12.8. The highest BCUT2D eigenvalue weighted by atomic mass is 16.5. The monoisotopic (exact) mass is 289 g/mol. The summed E-state index contributed by atoms with van der Waals surface area (Å²) in [6.07, 6.45) is 8.56. The van der Waals surface area contributed by atoms with Gasteiger partial charge in [0.15, 0.2) is 5.82 Å². The summed E-state index contributed by atoms with van der Waals surface area (Å²) in [4.78, 5) is 6.45. The van der Waals surface area contributed by atoms with E-state index < -0.39 is 0 Å². The Morgan fingerprint density at radius 2 is 2.10 bits per heavy atom. The summed E-state index contributed by atoms with van der Waals surface area (Å²) in [6.45, 7) is 3.36. The van der Waals surface area contributed by atoms with Crippen LogP contribution in [0.4, 0.5) is 0 Å². The van der Waals surface area contributed by atoms with Gasteiger partial charge in [-0.1, -0.05) is 24.4 Å². The molecule has 6 heteroatoms. The van der Waals surface area contributed by atoms with Crippen LogP contribution >= 0.6 is 0 Å². The van der Waals surface area contributed by atoms with Gasteiger partial charge in [0.25, 0.3) is 0 Å². The van der Waals surface area contributed by atoms with E-state index in [9.17, 15) is 0 Å². The number of hydrogen-bond donors (Lipinski definition) is 1. The van der Waals surface area contributed by atoms with E-state index in [1.54, 1.807) is 0 Å². The number of rotatable bonds is 5. The van der Waals surface area contributed by atoms with Gasteiger partial charge in [0.05, 0.1) is 12.7 Å². The van der Waals surface area contributed by atoms with Crippen LogP contribution in [0, 0.1) is 6.92 Å². The summed E-state index contributed by atoms with van der Waals surface area (Å²) in [5.41, 5.74) is 2.62. The Bertz CT molecular complexity index is 570. The molecule has 2 heterocycles. The number of hydrogen-bond acceptors (Lipinski definition) is 5. The summed E-state index contributed by atoms with van der Waals surface area (Å²) in [6, 6.07) is 0. The Labute approximate surface area is 124 Å². The molecule has 0 unspecified atom stereocenters. The van der Waals surface area contributed by atoms with Crippen LogP contribution in [-0.4, -0.2) is 32.3 Å². The highest BCUT2D eigenvalue weighted by Gasteiger charge is 2.21. The van der Waals surface area contributed by atoms with Crippen molar-refractivity contribution in [2.75, 3.05) is 7.05 Å². The van der Waals surface area contributed by atoms with Gasteiger partial charge in [0.2, 0.25) is 5.89 Å². The summed E-state index contributed by atoms with van der Waals surface area (Å²) in [5.74, 6) is 2.00. The minimum atomic E-state index is 0.615. The first-order valence-corrected chi connectivity index (χ1v) is 7.72. The second kappa shape index (κ2) is 6.39. The second-order valence-electron chi connectivity index (χ2n) is 6.05. The summed E-state index contributed by atoms with van der Waals surface area (Å²) in [7, 11) is 2.07. The molecule has 0 atom stereocenters. The molecular formula is C15H23N5O. The van der Waals surface area contributed by atoms with Gasteiger partial charge in [-0.05, 0) is 19.9 Å². The van der Waals surface area contributed by atoms with Crippen LogP contribution in [0.5, 0.6) is 0 Å². The number of H-pyrrole nitrogens is 1. The Kier molecular flexibility index (Phi) is 4.34. The van der Waals surface area contributed by atoms with Gasteiger partial charge in [-0.25, -0.2) is 0 Å². The molecule has 0 saturated heterocycles. The van der Waals surface area contributed by atoms with E-state index in [0.29, 0.717) is 18.4 Å². The molecule has 21 heavy (non-hydrogen) atoms. The quantitative estimate of drug-likeness (QED) is 0.916. The Morgan fingerprint density at radius 1 is 1.29 bits per heavy atom. The molecule has 1 fully saturated rings. The van der Waals surface area contributed by atoms with Crippen molar-refractivity contribution >= 4 is 0 Å². The highest BCUT2D eigenvalue weighted by molar-refractivity contribution is 5.21. The van der Waals surface area contributed by atoms with Crippen LogP contribution in [0.3, 0.4) is 0 Å². The Balaban J connectivity index is 1.63. The van der Waals surface area contributed by atoms with Crippen LogP contribution in [-0.2, 0) is 13.1 Å². The third kappa shape index (κ3) is 3.50. The van der Waals surface area contributed by atoms with Gasteiger partial charge >= 0.3 is 0 Å². The molecule has 114 valence electrons. The largest absolute Gasteiger partial charge is 0.340 e. The van der Waals surface area contributed by atoms with E-state index in [2.05, 4.69) is 32.3 Å². The lowest BCUT2D eigenvalue weighted by Crippen LogP contribution is -2.19. The van der Waals surface area contributed by atoms with Gasteiger partial charge in [-0.3, -0.25) is 10.00 Å². The predicted molar refractivity (Wildman–Crippen MR) is 78.6 cm³/mol. The third-order valence-electron chi connectivity index (χ3n) is 4.19. The number of aromatic nitrogens is 4. The zero-order valence-electron chi connectivity index (χ0n) is 12.8. The van der Waals surface area contributed by atoms with Crippen molar-refractivity contribution in [3.8, 4) is 0 Å². The number of aromatic amines is 1. The molecule has 1 aliphatic rings. The average molecular weight is 289 g/mol. The summed E-state index contributed by atoms with van der Waals surface area (Å²) >= 11 is 0. The Hall–Kier alpha value is -1.69. The minimum absolute atomic E-state index is 0.615. The molecule has 6 nitrogen and oxygen atoms in total. The van der Waals surface area contributed by atoms with Gasteiger partial charge in [0, 0.05) is 30.6 Å². The molecule has 0 radical (unpaired) electrons. The minimum Gasteiger partial charge on any atom is -0.340 e. The summed E-state index contributed by atoms with van der Waals surface area (Å²) < 4.78 is 5.01. The number of nitrogens with zero attached hydrogens (tertiary/aromatic N) is 4. The maximum absolute atomic E-state index is 5.01. The average Bonchev–Trinajstić information content (AvgIpc) is 3.09. The molecule has 0 spiro atoms. The lowest BCUT2D eigenvalue weighted by atomic mass is 9.85.